The van der Waals surface area contributed by atoms with Gasteiger partial charge in [0.05, 0.1) is 17.8 Å². The number of benzene rings is 2. The lowest BCUT2D eigenvalue weighted by Gasteiger charge is -2.13. The Morgan fingerprint density at radius 2 is 1.92 bits per heavy atom. The van der Waals surface area contributed by atoms with E-state index in [9.17, 15) is 4.79 Å². The summed E-state index contributed by atoms with van der Waals surface area (Å²) in [6.07, 6.45) is 1.65. The number of methoxy groups -OCH3 is 1. The Balaban J connectivity index is 1.60. The van der Waals surface area contributed by atoms with Crippen LogP contribution in [-0.4, -0.2) is 26.7 Å². The lowest BCUT2D eigenvalue weighted by atomic mass is 10.1. The summed E-state index contributed by atoms with van der Waals surface area (Å²) in [5.41, 5.74) is 1.64. The van der Waals surface area contributed by atoms with Gasteiger partial charge in [0.1, 0.15) is 5.75 Å². The molecule has 0 bridgehead atoms. The number of hydrogen-bond acceptors (Lipinski definition) is 6. The molecule has 5 nitrogen and oxygen atoms in total. The second-order valence-corrected chi connectivity index (χ2v) is 6.47. The Morgan fingerprint density at radius 3 is 2.62 bits per heavy atom. The van der Waals surface area contributed by atoms with Gasteiger partial charge in [0.15, 0.2) is 17.3 Å². The van der Waals surface area contributed by atoms with E-state index in [1.165, 1.54) is 0 Å². The number of carbonyl (C=O) groups is 1. The molecule has 122 valence electrons. The fraction of sp³-hybridized carbons (Fsp3) is 0.167. The van der Waals surface area contributed by atoms with Crippen LogP contribution in [-0.2, 0) is 0 Å². The monoisotopic (exact) mass is 341 g/mol. The van der Waals surface area contributed by atoms with E-state index in [2.05, 4.69) is 0 Å². The summed E-state index contributed by atoms with van der Waals surface area (Å²) in [4.78, 5) is 15.5. The summed E-state index contributed by atoms with van der Waals surface area (Å²) in [6, 6.07) is 11.0. The smallest absolute Gasteiger partial charge is 0.231 e. The second-order valence-electron chi connectivity index (χ2n) is 5.41. The average Bonchev–Trinajstić information content (AvgIpc) is 3.18. The van der Waals surface area contributed by atoms with E-state index in [1.807, 2.05) is 24.1 Å². The van der Waals surface area contributed by atoms with Gasteiger partial charge in [-0.25, -0.2) is 0 Å². The summed E-state index contributed by atoms with van der Waals surface area (Å²) < 4.78 is 16.0. The summed E-state index contributed by atoms with van der Waals surface area (Å²) in [6.45, 7) is 0.255. The molecule has 0 spiro atoms. The maximum Gasteiger partial charge on any atom is 0.231 e. The van der Waals surface area contributed by atoms with Crippen LogP contribution >= 0.6 is 11.8 Å². The molecule has 6 heteroatoms. The van der Waals surface area contributed by atoms with E-state index in [1.54, 1.807) is 49.2 Å². The van der Waals surface area contributed by atoms with Gasteiger partial charge in [-0.1, -0.05) is 11.8 Å². The highest BCUT2D eigenvalue weighted by Crippen LogP contribution is 2.50. The highest BCUT2D eigenvalue weighted by molar-refractivity contribution is 8.03. The van der Waals surface area contributed by atoms with E-state index in [-0.39, 0.29) is 12.6 Å². The molecule has 2 aromatic carbocycles. The van der Waals surface area contributed by atoms with E-state index >= 15 is 0 Å². The van der Waals surface area contributed by atoms with Crippen molar-refractivity contribution < 1.29 is 19.0 Å². The van der Waals surface area contributed by atoms with Gasteiger partial charge < -0.3 is 19.1 Å². The molecule has 0 aromatic heterocycles. The van der Waals surface area contributed by atoms with Crippen molar-refractivity contribution in [1.29, 1.82) is 0 Å². The van der Waals surface area contributed by atoms with Gasteiger partial charge in [-0.05, 0) is 24.3 Å². The third-order valence-electron chi connectivity index (χ3n) is 3.99. The minimum absolute atomic E-state index is 0.0418. The predicted molar refractivity (Wildman–Crippen MR) is 92.2 cm³/mol. The fourth-order valence-electron chi connectivity index (χ4n) is 2.63. The first-order chi connectivity index (χ1) is 11.7. The lowest BCUT2D eigenvalue weighted by molar-refractivity contribution is 0.104. The maximum absolute atomic E-state index is 12.5. The van der Waals surface area contributed by atoms with Gasteiger partial charge in [-0.15, -0.1) is 0 Å². The summed E-state index contributed by atoms with van der Waals surface area (Å²) in [5, 5.41) is 0.870. The molecule has 2 aromatic rings. The van der Waals surface area contributed by atoms with Crippen molar-refractivity contribution >= 4 is 23.2 Å². The first-order valence-corrected chi connectivity index (χ1v) is 8.22. The SMILES string of the molecule is COc1ccc(C(=O)/C=C2\Sc3cc4c(cc3N2C)OCO4)cc1. The molecule has 0 N–H and O–H groups in total. The van der Waals surface area contributed by atoms with Gasteiger partial charge in [-0.2, -0.15) is 0 Å². The van der Waals surface area contributed by atoms with Crippen LogP contribution in [0.3, 0.4) is 0 Å². The predicted octanol–water partition coefficient (Wildman–Crippen LogP) is 3.69. The zero-order chi connectivity index (χ0) is 16.7. The molecule has 0 amide bonds. The molecule has 0 fully saturated rings. The van der Waals surface area contributed by atoms with E-state index in [0.29, 0.717) is 5.56 Å². The number of fused-ring (bicyclic) bond motifs is 2. The molecule has 4 rings (SSSR count). The number of allylic oxidation sites excluding steroid dienone is 1. The van der Waals surface area contributed by atoms with Crippen LogP contribution in [0.1, 0.15) is 10.4 Å². The number of hydrogen-bond donors (Lipinski definition) is 0. The van der Waals surface area contributed by atoms with Gasteiger partial charge in [0.2, 0.25) is 6.79 Å². The molecule has 0 saturated heterocycles. The summed E-state index contributed by atoms with van der Waals surface area (Å²) in [7, 11) is 3.54. The number of ether oxygens (including phenoxy) is 3. The molecule has 0 unspecified atom stereocenters. The van der Waals surface area contributed by atoms with Crippen molar-refractivity contribution in [2.24, 2.45) is 0 Å². The van der Waals surface area contributed by atoms with Gasteiger partial charge >= 0.3 is 0 Å². The highest BCUT2D eigenvalue weighted by atomic mass is 32.2. The first-order valence-electron chi connectivity index (χ1n) is 7.41. The highest BCUT2D eigenvalue weighted by Gasteiger charge is 2.27. The number of rotatable bonds is 3. The van der Waals surface area contributed by atoms with Crippen LogP contribution in [0.25, 0.3) is 0 Å². The van der Waals surface area contributed by atoms with Crippen LogP contribution in [0.5, 0.6) is 17.2 Å². The quantitative estimate of drug-likeness (QED) is 0.627. The van der Waals surface area contributed by atoms with Crippen molar-refractivity contribution in [2.45, 2.75) is 4.90 Å². The largest absolute Gasteiger partial charge is 0.497 e. The molecule has 2 aliphatic heterocycles. The third-order valence-corrected chi connectivity index (χ3v) is 5.14. The second kappa shape index (κ2) is 5.79. The third kappa shape index (κ3) is 2.49. The molecular weight excluding hydrogens is 326 g/mol. The van der Waals surface area contributed by atoms with Gasteiger partial charge in [-0.3, -0.25) is 4.79 Å². The van der Waals surface area contributed by atoms with E-state index in [0.717, 1.165) is 32.9 Å². The van der Waals surface area contributed by atoms with Crippen LogP contribution in [0, 0.1) is 0 Å². The number of thioether (sulfide) groups is 1. The Kier molecular flexibility index (Phi) is 3.61. The van der Waals surface area contributed by atoms with E-state index < -0.39 is 0 Å². The molecule has 2 heterocycles. The van der Waals surface area contributed by atoms with E-state index in [4.69, 9.17) is 14.2 Å². The van der Waals surface area contributed by atoms with Crippen molar-refractivity contribution in [3.8, 4) is 17.2 Å². The van der Waals surface area contributed by atoms with Gasteiger partial charge in [0.25, 0.3) is 0 Å². The number of anilines is 1. The fourth-order valence-corrected chi connectivity index (χ4v) is 3.73. The normalized spacial score (nSPS) is 16.4. The first kappa shape index (κ1) is 15.0. The molecule has 0 radical (unpaired) electrons. The lowest BCUT2D eigenvalue weighted by Crippen LogP contribution is -2.11. The minimum Gasteiger partial charge on any atom is -0.497 e. The standard InChI is InChI=1S/C18H15NO4S/c1-19-13-7-15-16(23-10-22-15)9-17(13)24-18(19)8-14(20)11-3-5-12(21-2)6-4-11/h3-9H,10H2,1-2H3/b18-8-. The molecule has 24 heavy (non-hydrogen) atoms. The zero-order valence-electron chi connectivity index (χ0n) is 13.2. The molecular formula is C18H15NO4S. The summed E-state index contributed by atoms with van der Waals surface area (Å²) >= 11 is 1.55. The van der Waals surface area contributed by atoms with Crippen LogP contribution in [0.15, 0.2) is 52.4 Å². The molecule has 0 aliphatic carbocycles. The van der Waals surface area contributed by atoms with Crippen molar-refractivity contribution in [3.05, 3.63) is 53.1 Å². The Bertz CT molecular complexity index is 845. The van der Waals surface area contributed by atoms with Crippen LogP contribution < -0.4 is 19.1 Å². The number of ketones is 1. The molecule has 2 aliphatic rings. The Labute approximate surface area is 143 Å². The topological polar surface area (TPSA) is 48.0 Å². The average molecular weight is 341 g/mol. The number of carbonyl (C=O) groups excluding carboxylic acids is 1. The zero-order valence-corrected chi connectivity index (χ0v) is 14.1. The Hall–Kier alpha value is -2.60. The van der Waals surface area contributed by atoms with Crippen molar-refractivity contribution in [1.82, 2.24) is 0 Å². The minimum atomic E-state index is -0.0418. The maximum atomic E-state index is 12.5. The van der Waals surface area contributed by atoms with Crippen molar-refractivity contribution in [2.75, 3.05) is 25.9 Å². The summed E-state index contributed by atoms with van der Waals surface area (Å²) in [5.74, 6) is 2.18. The number of nitrogens with zero attached hydrogens (tertiary/aromatic N) is 1. The molecule has 0 atom stereocenters. The van der Waals surface area contributed by atoms with Crippen LogP contribution in [0.4, 0.5) is 5.69 Å². The van der Waals surface area contributed by atoms with Crippen molar-refractivity contribution in [3.63, 3.8) is 0 Å². The molecule has 0 saturated carbocycles. The Morgan fingerprint density at radius 1 is 1.21 bits per heavy atom. The van der Waals surface area contributed by atoms with Gasteiger partial charge in [0, 0.05) is 35.7 Å². The van der Waals surface area contributed by atoms with Crippen LogP contribution in [0.2, 0.25) is 0 Å².